The summed E-state index contributed by atoms with van der Waals surface area (Å²) in [4.78, 5) is 29.3. The second kappa shape index (κ2) is 13.0. The van der Waals surface area contributed by atoms with E-state index in [-0.39, 0.29) is 30.8 Å². The van der Waals surface area contributed by atoms with Gasteiger partial charge in [-0.05, 0) is 53.8 Å². The van der Waals surface area contributed by atoms with Gasteiger partial charge in [-0.1, -0.05) is 102 Å². The predicted molar refractivity (Wildman–Crippen MR) is 152 cm³/mol. The molecule has 1 aliphatic carbocycles. The van der Waals surface area contributed by atoms with Crippen molar-refractivity contribution in [2.75, 3.05) is 0 Å². The molecule has 4 nitrogen and oxygen atoms in total. The number of amides is 2. The van der Waals surface area contributed by atoms with Crippen molar-refractivity contribution >= 4 is 58.2 Å². The maximum atomic E-state index is 13.9. The van der Waals surface area contributed by atoms with Gasteiger partial charge in [0, 0.05) is 39.1 Å². The minimum atomic E-state index is -0.761. The first kappa shape index (κ1) is 27.8. The summed E-state index contributed by atoms with van der Waals surface area (Å²) in [7, 11) is 0. The van der Waals surface area contributed by atoms with Crippen LogP contribution in [0, 0.1) is 0 Å². The van der Waals surface area contributed by atoms with Gasteiger partial charge in [0.2, 0.25) is 11.8 Å². The molecule has 1 aliphatic rings. The van der Waals surface area contributed by atoms with Crippen molar-refractivity contribution in [3.8, 4) is 0 Å². The van der Waals surface area contributed by atoms with Gasteiger partial charge in [0.25, 0.3) is 0 Å². The molecule has 0 aromatic heterocycles. The van der Waals surface area contributed by atoms with Crippen molar-refractivity contribution in [3.05, 3.63) is 104 Å². The first-order valence-electron chi connectivity index (χ1n) is 12.3. The van der Waals surface area contributed by atoms with Crippen molar-refractivity contribution < 1.29 is 9.59 Å². The molecule has 3 aromatic carbocycles. The summed E-state index contributed by atoms with van der Waals surface area (Å²) in [6, 6.07) is 19.3. The van der Waals surface area contributed by atoms with Crippen LogP contribution in [-0.4, -0.2) is 28.8 Å². The molecule has 0 bridgehead atoms. The molecule has 1 N–H and O–H groups in total. The van der Waals surface area contributed by atoms with E-state index in [1.165, 1.54) is 0 Å². The Balaban J connectivity index is 1.71. The molecule has 0 spiro atoms. The fourth-order valence-corrected chi connectivity index (χ4v) is 5.71. The first-order valence-corrected chi connectivity index (χ1v) is 13.8. The van der Waals surface area contributed by atoms with Crippen LogP contribution in [0.4, 0.5) is 0 Å². The van der Waals surface area contributed by atoms with Gasteiger partial charge in [0.1, 0.15) is 6.04 Å². The van der Waals surface area contributed by atoms with E-state index in [9.17, 15) is 9.59 Å². The quantitative estimate of drug-likeness (QED) is 0.285. The van der Waals surface area contributed by atoms with Crippen molar-refractivity contribution in [3.63, 3.8) is 0 Å². The first-order chi connectivity index (χ1) is 17.8. The molecular weight excluding hydrogens is 550 g/mol. The van der Waals surface area contributed by atoms with Crippen molar-refractivity contribution in [2.24, 2.45) is 0 Å². The Labute approximate surface area is 237 Å². The molecule has 0 radical (unpaired) electrons. The maximum absolute atomic E-state index is 13.9. The largest absolute Gasteiger partial charge is 0.352 e. The molecule has 4 rings (SSSR count). The van der Waals surface area contributed by atoms with Gasteiger partial charge in [0.15, 0.2) is 0 Å². The average Bonchev–Trinajstić information content (AvgIpc) is 3.38. The van der Waals surface area contributed by atoms with E-state index in [1.54, 1.807) is 41.3 Å². The van der Waals surface area contributed by atoms with Crippen LogP contribution in [0.2, 0.25) is 20.1 Å². The van der Waals surface area contributed by atoms with Crippen LogP contribution in [0.25, 0.3) is 0 Å². The molecule has 8 heteroatoms. The monoisotopic (exact) mass is 576 g/mol. The number of carbonyl (C=O) groups is 2. The lowest BCUT2D eigenvalue weighted by Crippen LogP contribution is -2.52. The van der Waals surface area contributed by atoms with Crippen LogP contribution >= 0.6 is 46.4 Å². The number of carbonyl (C=O) groups excluding carboxylic acids is 2. The molecule has 0 heterocycles. The Hall–Kier alpha value is -2.24. The van der Waals surface area contributed by atoms with E-state index < -0.39 is 6.04 Å². The molecule has 0 saturated heterocycles. The Bertz CT molecular complexity index is 1230. The highest BCUT2D eigenvalue weighted by atomic mass is 35.5. The lowest BCUT2D eigenvalue weighted by molar-refractivity contribution is -0.141. The third kappa shape index (κ3) is 7.42. The minimum absolute atomic E-state index is 0.0499. The molecule has 37 heavy (non-hydrogen) atoms. The lowest BCUT2D eigenvalue weighted by Gasteiger charge is -2.33. The van der Waals surface area contributed by atoms with Gasteiger partial charge in [-0.25, -0.2) is 0 Å². The van der Waals surface area contributed by atoms with Crippen molar-refractivity contribution in [1.82, 2.24) is 10.2 Å². The normalized spacial score (nSPS) is 14.4. The number of halogens is 4. The highest BCUT2D eigenvalue weighted by Crippen LogP contribution is 2.28. The zero-order valence-electron chi connectivity index (χ0n) is 20.2. The number of nitrogens with one attached hydrogen (secondary N) is 1. The smallest absolute Gasteiger partial charge is 0.243 e. The summed E-state index contributed by atoms with van der Waals surface area (Å²) in [5.74, 6) is -0.456. The number of hydrogen-bond acceptors (Lipinski definition) is 2. The summed E-state index contributed by atoms with van der Waals surface area (Å²) in [5, 5.41) is 4.92. The standard InChI is InChI=1S/C29H28Cl4N2O2/c30-21-14-13-20(26(33)16-21)18-35(28(36)17-23-24(31)11-6-12-25(23)32)27(15-19-7-2-1-3-8-19)29(37)34-22-9-4-5-10-22/h1-3,6-8,11-14,16,22,27H,4-5,9-10,15,17-18H2,(H,34,37)/t27-/m1/s1. The minimum Gasteiger partial charge on any atom is -0.352 e. The Kier molecular flexibility index (Phi) is 9.77. The number of benzene rings is 3. The molecule has 194 valence electrons. The van der Waals surface area contributed by atoms with Gasteiger partial charge in [0.05, 0.1) is 6.42 Å². The van der Waals surface area contributed by atoms with E-state index in [0.29, 0.717) is 37.6 Å². The van der Waals surface area contributed by atoms with E-state index in [4.69, 9.17) is 46.4 Å². The number of rotatable bonds is 9. The van der Waals surface area contributed by atoms with Gasteiger partial charge < -0.3 is 10.2 Å². The molecule has 1 fully saturated rings. The summed E-state index contributed by atoms with van der Waals surface area (Å²) >= 11 is 25.4. The Morgan fingerprint density at radius 2 is 1.54 bits per heavy atom. The maximum Gasteiger partial charge on any atom is 0.243 e. The molecule has 2 amide bonds. The SMILES string of the molecule is O=C(NC1CCCC1)[C@@H](Cc1ccccc1)N(Cc1ccc(Cl)cc1Cl)C(=O)Cc1c(Cl)cccc1Cl. The molecule has 0 aliphatic heterocycles. The molecule has 0 unspecified atom stereocenters. The van der Waals surface area contributed by atoms with E-state index >= 15 is 0 Å². The second-order valence-corrected chi connectivity index (χ2v) is 11.0. The van der Waals surface area contributed by atoms with Gasteiger partial charge in [-0.15, -0.1) is 0 Å². The molecule has 1 atom stereocenters. The predicted octanol–water partition coefficient (Wildman–Crippen LogP) is 7.54. The van der Waals surface area contributed by atoms with Crippen LogP contribution in [-0.2, 0) is 29.0 Å². The summed E-state index contributed by atoms with van der Waals surface area (Å²) < 4.78 is 0. The third-order valence-corrected chi connectivity index (χ3v) is 8.01. The molecule has 1 saturated carbocycles. The van der Waals surface area contributed by atoms with Gasteiger partial charge in [-0.2, -0.15) is 0 Å². The van der Waals surface area contributed by atoms with E-state index in [2.05, 4.69) is 5.32 Å². The fourth-order valence-electron chi connectivity index (χ4n) is 4.71. The Morgan fingerprint density at radius 1 is 0.865 bits per heavy atom. The van der Waals surface area contributed by atoms with Crippen LogP contribution in [0.5, 0.6) is 0 Å². The van der Waals surface area contributed by atoms with Crippen LogP contribution in [0.15, 0.2) is 66.7 Å². The zero-order chi connectivity index (χ0) is 26.4. The number of hydrogen-bond donors (Lipinski definition) is 1. The van der Waals surface area contributed by atoms with Gasteiger partial charge in [-0.3, -0.25) is 9.59 Å². The molecular formula is C29H28Cl4N2O2. The van der Waals surface area contributed by atoms with E-state index in [1.807, 2.05) is 30.3 Å². The van der Waals surface area contributed by atoms with Crippen LogP contribution in [0.1, 0.15) is 42.4 Å². The second-order valence-electron chi connectivity index (χ2n) is 9.33. The van der Waals surface area contributed by atoms with Crippen molar-refractivity contribution in [2.45, 2.75) is 57.2 Å². The molecule has 3 aromatic rings. The summed E-state index contributed by atoms with van der Waals surface area (Å²) in [5.41, 5.74) is 2.17. The lowest BCUT2D eigenvalue weighted by atomic mass is 10.0. The van der Waals surface area contributed by atoms with Crippen LogP contribution < -0.4 is 5.32 Å². The average molecular weight is 578 g/mol. The number of nitrogens with zero attached hydrogens (tertiary/aromatic N) is 1. The topological polar surface area (TPSA) is 49.4 Å². The highest BCUT2D eigenvalue weighted by molar-refractivity contribution is 6.36. The zero-order valence-corrected chi connectivity index (χ0v) is 23.3. The highest BCUT2D eigenvalue weighted by Gasteiger charge is 2.33. The van der Waals surface area contributed by atoms with Crippen molar-refractivity contribution in [1.29, 1.82) is 0 Å². The van der Waals surface area contributed by atoms with E-state index in [0.717, 1.165) is 31.2 Å². The fraction of sp³-hybridized carbons (Fsp3) is 0.310. The van der Waals surface area contributed by atoms with Gasteiger partial charge >= 0.3 is 0 Å². The third-order valence-electron chi connectivity index (χ3n) is 6.72. The van der Waals surface area contributed by atoms with Crippen LogP contribution in [0.3, 0.4) is 0 Å². The summed E-state index contributed by atoms with van der Waals surface area (Å²) in [6.07, 6.45) is 4.36. The summed E-state index contributed by atoms with van der Waals surface area (Å²) in [6.45, 7) is 0.131. The Morgan fingerprint density at radius 3 is 2.19 bits per heavy atom.